The fourth-order valence-electron chi connectivity index (χ4n) is 7.90. The summed E-state index contributed by atoms with van der Waals surface area (Å²) < 4.78 is 2.36. The summed E-state index contributed by atoms with van der Waals surface area (Å²) in [6.45, 7) is 0. The molecule has 0 saturated carbocycles. The SMILES string of the molecule is C1=C(c2cccc(-c3ccccc3)c2)NC(c2cccc(-c3ccc4c(c3)c3ccccc3n4-c3ccccc3)c2)N=C1c1cccc(-c2ccccc2)c1. The molecule has 1 atom stereocenters. The summed E-state index contributed by atoms with van der Waals surface area (Å²) in [6, 6.07) is 73.6. The van der Waals surface area contributed by atoms with E-state index in [4.69, 9.17) is 4.99 Å². The van der Waals surface area contributed by atoms with Crippen LogP contribution in [0.3, 0.4) is 0 Å². The van der Waals surface area contributed by atoms with Crippen LogP contribution in [0.25, 0.3) is 66.6 Å². The molecule has 0 radical (unpaired) electrons. The highest BCUT2D eigenvalue weighted by atomic mass is 15.1. The van der Waals surface area contributed by atoms with Gasteiger partial charge < -0.3 is 9.88 Å². The molecule has 1 aliphatic heterocycles. The predicted molar refractivity (Wildman–Crippen MR) is 230 cm³/mol. The van der Waals surface area contributed by atoms with E-state index >= 15 is 0 Å². The number of benzene rings is 8. The van der Waals surface area contributed by atoms with Crippen molar-refractivity contribution >= 4 is 33.2 Å². The molecular formula is C52H37N3. The first kappa shape index (κ1) is 32.4. The van der Waals surface area contributed by atoms with E-state index in [2.05, 4.69) is 222 Å². The molecule has 1 aromatic heterocycles. The molecule has 10 rings (SSSR count). The van der Waals surface area contributed by atoms with Gasteiger partial charge in [0.25, 0.3) is 0 Å². The molecule has 55 heavy (non-hydrogen) atoms. The number of aliphatic imine (C=N–C) groups is 1. The molecule has 0 saturated heterocycles. The largest absolute Gasteiger partial charge is 0.360 e. The predicted octanol–water partition coefficient (Wildman–Crippen LogP) is 12.9. The Morgan fingerprint density at radius 1 is 0.382 bits per heavy atom. The zero-order valence-corrected chi connectivity index (χ0v) is 30.2. The van der Waals surface area contributed by atoms with Crippen molar-refractivity contribution in [1.82, 2.24) is 9.88 Å². The lowest BCUT2D eigenvalue weighted by atomic mass is 9.96. The van der Waals surface area contributed by atoms with Crippen molar-refractivity contribution in [3.05, 3.63) is 229 Å². The second-order valence-electron chi connectivity index (χ2n) is 14.1. The van der Waals surface area contributed by atoms with Gasteiger partial charge in [0.05, 0.1) is 16.7 Å². The molecule has 0 spiro atoms. The van der Waals surface area contributed by atoms with E-state index < -0.39 is 0 Å². The number of nitrogens with one attached hydrogen (secondary N) is 1. The normalized spacial score (nSPS) is 14.0. The van der Waals surface area contributed by atoms with Gasteiger partial charge in [-0.3, -0.25) is 4.99 Å². The Hall–Kier alpha value is -7.23. The van der Waals surface area contributed by atoms with Crippen LogP contribution < -0.4 is 5.32 Å². The Balaban J connectivity index is 1.06. The van der Waals surface area contributed by atoms with E-state index in [0.717, 1.165) is 39.3 Å². The van der Waals surface area contributed by atoms with Crippen molar-refractivity contribution in [2.24, 2.45) is 4.99 Å². The number of fused-ring (bicyclic) bond motifs is 3. The van der Waals surface area contributed by atoms with Gasteiger partial charge in [0.1, 0.15) is 6.17 Å². The Kier molecular flexibility index (Phi) is 8.23. The van der Waals surface area contributed by atoms with Crippen LogP contribution in [-0.2, 0) is 0 Å². The van der Waals surface area contributed by atoms with E-state index in [1.807, 2.05) is 0 Å². The second-order valence-corrected chi connectivity index (χ2v) is 14.1. The number of nitrogens with zero attached hydrogens (tertiary/aromatic N) is 2. The van der Waals surface area contributed by atoms with Crippen molar-refractivity contribution in [2.75, 3.05) is 0 Å². The average molecular weight is 704 g/mol. The minimum Gasteiger partial charge on any atom is -0.360 e. The van der Waals surface area contributed by atoms with Crippen LogP contribution in [0.4, 0.5) is 0 Å². The molecule has 8 aromatic carbocycles. The van der Waals surface area contributed by atoms with Gasteiger partial charge in [-0.15, -0.1) is 0 Å². The zero-order valence-electron chi connectivity index (χ0n) is 30.2. The molecular weight excluding hydrogens is 667 g/mol. The highest BCUT2D eigenvalue weighted by Crippen LogP contribution is 2.36. The summed E-state index contributed by atoms with van der Waals surface area (Å²) >= 11 is 0. The van der Waals surface area contributed by atoms with E-state index in [9.17, 15) is 0 Å². The highest BCUT2D eigenvalue weighted by Gasteiger charge is 2.21. The van der Waals surface area contributed by atoms with Crippen molar-refractivity contribution in [2.45, 2.75) is 6.17 Å². The molecule has 0 amide bonds. The molecule has 9 aromatic rings. The maximum atomic E-state index is 5.40. The van der Waals surface area contributed by atoms with Crippen LogP contribution in [0.1, 0.15) is 22.9 Å². The molecule has 260 valence electrons. The summed E-state index contributed by atoms with van der Waals surface area (Å²) in [5.41, 5.74) is 15.9. The fraction of sp³-hybridized carbons (Fsp3) is 0.0192. The lowest BCUT2D eigenvalue weighted by Gasteiger charge is -2.25. The van der Waals surface area contributed by atoms with Crippen molar-refractivity contribution in [3.8, 4) is 39.1 Å². The Labute approximate surface area is 321 Å². The summed E-state index contributed by atoms with van der Waals surface area (Å²) in [5, 5.41) is 6.31. The monoisotopic (exact) mass is 703 g/mol. The van der Waals surface area contributed by atoms with Gasteiger partial charge in [-0.25, -0.2) is 0 Å². The minimum atomic E-state index is -0.292. The first-order valence-corrected chi connectivity index (χ1v) is 18.8. The molecule has 2 heterocycles. The average Bonchev–Trinajstić information content (AvgIpc) is 3.61. The van der Waals surface area contributed by atoms with Gasteiger partial charge in [0.2, 0.25) is 0 Å². The number of para-hydroxylation sites is 2. The standard InChI is InChI=1S/C52H37N3/c1-4-15-36(16-5-1)38-19-12-22-42(31-38)48-35-49(43-23-13-20-39(32-43)37-17-6-2-7-18-37)54-52(53-48)44-24-14-21-40(33-44)41-29-30-51-47(34-41)46-27-10-11-28-50(46)55(51)45-25-8-3-9-26-45/h1-35,52-53H. The van der Waals surface area contributed by atoms with E-state index in [1.54, 1.807) is 0 Å². The van der Waals surface area contributed by atoms with Crippen LogP contribution >= 0.6 is 0 Å². The van der Waals surface area contributed by atoms with Gasteiger partial charge in [0, 0.05) is 27.7 Å². The molecule has 1 aliphatic rings. The van der Waals surface area contributed by atoms with Crippen LogP contribution in [0.2, 0.25) is 0 Å². The first-order valence-electron chi connectivity index (χ1n) is 18.8. The van der Waals surface area contributed by atoms with Crippen LogP contribution in [-0.4, -0.2) is 10.3 Å². The third-order valence-electron chi connectivity index (χ3n) is 10.6. The minimum absolute atomic E-state index is 0.292. The number of rotatable bonds is 7. The summed E-state index contributed by atoms with van der Waals surface area (Å²) in [5.74, 6) is 0. The Morgan fingerprint density at radius 2 is 0.909 bits per heavy atom. The van der Waals surface area contributed by atoms with Crippen LogP contribution in [0.15, 0.2) is 217 Å². The number of hydrogen-bond donors (Lipinski definition) is 1. The Morgan fingerprint density at radius 3 is 1.64 bits per heavy atom. The zero-order chi connectivity index (χ0) is 36.6. The van der Waals surface area contributed by atoms with E-state index in [1.165, 1.54) is 49.6 Å². The topological polar surface area (TPSA) is 29.3 Å². The quantitative estimate of drug-likeness (QED) is 0.176. The van der Waals surface area contributed by atoms with Crippen molar-refractivity contribution in [1.29, 1.82) is 0 Å². The maximum Gasteiger partial charge on any atom is 0.145 e. The number of aromatic nitrogens is 1. The van der Waals surface area contributed by atoms with Gasteiger partial charge in [-0.1, -0.05) is 158 Å². The third kappa shape index (κ3) is 6.22. The Bertz CT molecular complexity index is 2880. The van der Waals surface area contributed by atoms with Crippen molar-refractivity contribution < 1.29 is 0 Å². The van der Waals surface area contributed by atoms with Gasteiger partial charge in [-0.2, -0.15) is 0 Å². The van der Waals surface area contributed by atoms with Gasteiger partial charge in [0.15, 0.2) is 0 Å². The summed E-state index contributed by atoms with van der Waals surface area (Å²) in [4.78, 5) is 5.40. The van der Waals surface area contributed by atoms with Gasteiger partial charge in [-0.05, 0) is 99.1 Å². The molecule has 3 nitrogen and oxygen atoms in total. The smallest absolute Gasteiger partial charge is 0.145 e. The highest BCUT2D eigenvalue weighted by molar-refractivity contribution is 6.14. The van der Waals surface area contributed by atoms with Crippen LogP contribution in [0, 0.1) is 0 Å². The summed E-state index contributed by atoms with van der Waals surface area (Å²) in [6.07, 6.45) is 1.91. The molecule has 0 aliphatic carbocycles. The fourth-order valence-corrected chi connectivity index (χ4v) is 7.90. The second kappa shape index (κ2) is 14.0. The lowest BCUT2D eigenvalue weighted by Crippen LogP contribution is -2.25. The van der Waals surface area contributed by atoms with Crippen molar-refractivity contribution in [3.63, 3.8) is 0 Å². The molecule has 0 fully saturated rings. The third-order valence-corrected chi connectivity index (χ3v) is 10.6. The molecule has 3 heteroatoms. The number of allylic oxidation sites excluding steroid dienone is 1. The summed E-state index contributed by atoms with van der Waals surface area (Å²) in [7, 11) is 0. The van der Waals surface area contributed by atoms with Gasteiger partial charge >= 0.3 is 0 Å². The molecule has 0 bridgehead atoms. The first-order chi connectivity index (χ1) is 27.2. The number of hydrogen-bond acceptors (Lipinski definition) is 2. The maximum absolute atomic E-state index is 5.40. The van der Waals surface area contributed by atoms with E-state index in [-0.39, 0.29) is 6.17 Å². The lowest BCUT2D eigenvalue weighted by molar-refractivity contribution is 0.664. The van der Waals surface area contributed by atoms with E-state index in [0.29, 0.717) is 0 Å². The van der Waals surface area contributed by atoms with Crippen LogP contribution in [0.5, 0.6) is 0 Å². The molecule has 1 N–H and O–H groups in total. The molecule has 1 unspecified atom stereocenters.